The quantitative estimate of drug-likeness (QED) is 0.554. The Morgan fingerprint density at radius 1 is 1.41 bits per heavy atom. The molecular weight excluding hydrogens is 218 g/mol. The van der Waals surface area contributed by atoms with Crippen LogP contribution in [0.15, 0.2) is 4.99 Å². The molecule has 0 spiro atoms. The van der Waals surface area contributed by atoms with E-state index in [9.17, 15) is 9.59 Å². The molecule has 1 saturated carbocycles. The zero-order valence-corrected chi connectivity index (χ0v) is 11.0. The zero-order chi connectivity index (χ0) is 13.1. The molecule has 96 valence electrons. The highest BCUT2D eigenvalue weighted by Crippen LogP contribution is 2.33. The van der Waals surface area contributed by atoms with Crippen molar-refractivity contribution in [2.45, 2.75) is 39.7 Å². The standard InChI is InChI=1S/C13H21NO3/c1-9(8-17-4)14-7-10-11(15)5-13(2,3)6-12(10)16/h7,9-10H,5-6,8H2,1-4H3/t9-/m1/s1. The van der Waals surface area contributed by atoms with Crippen LogP contribution in [-0.2, 0) is 14.3 Å². The molecule has 0 N–H and O–H groups in total. The van der Waals surface area contributed by atoms with Crippen molar-refractivity contribution in [3.8, 4) is 0 Å². The van der Waals surface area contributed by atoms with Gasteiger partial charge in [0.05, 0.1) is 12.6 Å². The van der Waals surface area contributed by atoms with E-state index in [2.05, 4.69) is 4.99 Å². The Balaban J connectivity index is 2.66. The minimum Gasteiger partial charge on any atom is -0.382 e. The summed E-state index contributed by atoms with van der Waals surface area (Å²) >= 11 is 0. The molecule has 0 saturated heterocycles. The molecule has 0 aromatic heterocycles. The van der Waals surface area contributed by atoms with Gasteiger partial charge in [0.25, 0.3) is 0 Å². The third-order valence-electron chi connectivity index (χ3n) is 2.90. The van der Waals surface area contributed by atoms with Crippen molar-refractivity contribution in [1.29, 1.82) is 0 Å². The summed E-state index contributed by atoms with van der Waals surface area (Å²) in [5.74, 6) is -0.665. The second-order valence-corrected chi connectivity index (χ2v) is 5.53. The van der Waals surface area contributed by atoms with Crippen LogP contribution in [0.25, 0.3) is 0 Å². The lowest BCUT2D eigenvalue weighted by Crippen LogP contribution is -2.38. The van der Waals surface area contributed by atoms with Crippen LogP contribution in [-0.4, -0.2) is 37.5 Å². The number of carbonyl (C=O) groups is 2. The van der Waals surface area contributed by atoms with Gasteiger partial charge >= 0.3 is 0 Å². The lowest BCUT2D eigenvalue weighted by Gasteiger charge is -2.30. The molecule has 0 aliphatic heterocycles. The van der Waals surface area contributed by atoms with E-state index >= 15 is 0 Å². The van der Waals surface area contributed by atoms with Gasteiger partial charge in [0.15, 0.2) is 0 Å². The van der Waals surface area contributed by atoms with Gasteiger partial charge < -0.3 is 4.74 Å². The average molecular weight is 239 g/mol. The number of ether oxygens (including phenoxy) is 1. The van der Waals surface area contributed by atoms with Gasteiger partial charge in [0.2, 0.25) is 0 Å². The van der Waals surface area contributed by atoms with Crippen molar-refractivity contribution in [1.82, 2.24) is 0 Å². The van der Waals surface area contributed by atoms with E-state index < -0.39 is 5.92 Å². The third kappa shape index (κ3) is 4.04. The third-order valence-corrected chi connectivity index (χ3v) is 2.90. The minimum absolute atomic E-state index is 0.0142. The Hall–Kier alpha value is -1.03. The number of Topliss-reactive ketones (excluding diaryl/α,β-unsaturated/α-hetero) is 2. The van der Waals surface area contributed by atoms with Crippen molar-refractivity contribution >= 4 is 17.8 Å². The predicted octanol–water partition coefficient (Wildman–Crippen LogP) is 1.67. The second-order valence-electron chi connectivity index (χ2n) is 5.53. The monoisotopic (exact) mass is 239 g/mol. The van der Waals surface area contributed by atoms with Gasteiger partial charge in [-0.25, -0.2) is 0 Å². The Morgan fingerprint density at radius 2 is 1.94 bits per heavy atom. The predicted molar refractivity (Wildman–Crippen MR) is 66.3 cm³/mol. The highest BCUT2D eigenvalue weighted by molar-refractivity contribution is 6.16. The van der Waals surface area contributed by atoms with Crippen molar-refractivity contribution in [3.05, 3.63) is 0 Å². The first kappa shape index (κ1) is 14.0. The van der Waals surface area contributed by atoms with Gasteiger partial charge in [-0.1, -0.05) is 13.8 Å². The number of ketones is 2. The van der Waals surface area contributed by atoms with E-state index in [4.69, 9.17) is 4.74 Å². The topological polar surface area (TPSA) is 55.7 Å². The second kappa shape index (κ2) is 5.54. The van der Waals surface area contributed by atoms with Crippen molar-refractivity contribution < 1.29 is 14.3 Å². The summed E-state index contributed by atoms with van der Waals surface area (Å²) in [6, 6.07) is -0.0180. The summed E-state index contributed by atoms with van der Waals surface area (Å²) in [5, 5.41) is 0. The number of aliphatic imine (C=N–C) groups is 1. The number of rotatable bonds is 4. The van der Waals surface area contributed by atoms with Gasteiger partial charge in [0, 0.05) is 26.2 Å². The van der Waals surface area contributed by atoms with Crippen LogP contribution in [0.4, 0.5) is 0 Å². The molecule has 0 amide bonds. The molecule has 1 rings (SSSR count). The molecule has 0 bridgehead atoms. The summed E-state index contributed by atoms with van der Waals surface area (Å²) in [6.07, 6.45) is 2.41. The highest BCUT2D eigenvalue weighted by atomic mass is 16.5. The van der Waals surface area contributed by atoms with Crippen molar-refractivity contribution in [2.75, 3.05) is 13.7 Å². The maximum Gasteiger partial charge on any atom is 0.149 e. The van der Waals surface area contributed by atoms with Crippen LogP contribution in [0.2, 0.25) is 0 Å². The fraction of sp³-hybridized carbons (Fsp3) is 0.769. The van der Waals surface area contributed by atoms with E-state index in [1.807, 2.05) is 20.8 Å². The molecule has 17 heavy (non-hydrogen) atoms. The Kier molecular flexibility index (Phi) is 4.57. The first-order valence-electron chi connectivity index (χ1n) is 5.93. The Labute approximate surface area is 102 Å². The van der Waals surface area contributed by atoms with Crippen LogP contribution in [0.1, 0.15) is 33.6 Å². The van der Waals surface area contributed by atoms with E-state index in [1.54, 1.807) is 7.11 Å². The smallest absolute Gasteiger partial charge is 0.149 e. The SMILES string of the molecule is COC[C@@H](C)N=CC1C(=O)CC(C)(C)CC1=O. The van der Waals surface area contributed by atoms with Gasteiger partial charge in [-0.15, -0.1) is 0 Å². The summed E-state index contributed by atoms with van der Waals surface area (Å²) in [5.41, 5.74) is -0.198. The molecule has 0 aromatic carbocycles. The molecule has 4 nitrogen and oxygen atoms in total. The average Bonchev–Trinajstić information content (AvgIpc) is 2.14. The van der Waals surface area contributed by atoms with Crippen LogP contribution in [0.5, 0.6) is 0 Å². The first-order valence-corrected chi connectivity index (χ1v) is 5.93. The van der Waals surface area contributed by atoms with E-state index in [0.29, 0.717) is 19.4 Å². The molecule has 0 aromatic rings. The Morgan fingerprint density at radius 3 is 2.41 bits per heavy atom. The number of nitrogens with zero attached hydrogens (tertiary/aromatic N) is 1. The molecule has 0 heterocycles. The maximum atomic E-state index is 11.8. The lowest BCUT2D eigenvalue weighted by atomic mass is 9.72. The highest BCUT2D eigenvalue weighted by Gasteiger charge is 2.38. The van der Waals surface area contributed by atoms with Crippen LogP contribution < -0.4 is 0 Å². The van der Waals surface area contributed by atoms with Crippen LogP contribution in [0.3, 0.4) is 0 Å². The van der Waals surface area contributed by atoms with Gasteiger partial charge in [-0.05, 0) is 12.3 Å². The molecule has 1 aliphatic rings. The molecule has 0 radical (unpaired) electrons. The van der Waals surface area contributed by atoms with Crippen LogP contribution >= 0.6 is 0 Å². The fourth-order valence-corrected chi connectivity index (χ4v) is 2.09. The summed E-state index contributed by atoms with van der Waals surface area (Å²) < 4.78 is 4.95. The fourth-order valence-electron chi connectivity index (χ4n) is 2.09. The number of hydrogen-bond donors (Lipinski definition) is 0. The molecule has 1 fully saturated rings. The molecule has 1 aliphatic carbocycles. The van der Waals surface area contributed by atoms with Crippen LogP contribution in [0, 0.1) is 11.3 Å². The van der Waals surface area contributed by atoms with E-state index in [-0.39, 0.29) is 23.0 Å². The molecule has 1 atom stereocenters. The molecule has 4 heteroatoms. The number of methoxy groups -OCH3 is 1. The summed E-state index contributed by atoms with van der Waals surface area (Å²) in [4.78, 5) is 27.9. The van der Waals surface area contributed by atoms with E-state index in [1.165, 1.54) is 6.21 Å². The maximum absolute atomic E-state index is 11.8. The zero-order valence-electron chi connectivity index (χ0n) is 11.0. The van der Waals surface area contributed by atoms with Crippen molar-refractivity contribution in [2.24, 2.45) is 16.3 Å². The largest absolute Gasteiger partial charge is 0.382 e. The summed E-state index contributed by atoms with van der Waals surface area (Å²) in [7, 11) is 1.60. The summed E-state index contributed by atoms with van der Waals surface area (Å²) in [6.45, 7) is 6.28. The normalized spacial score (nSPS) is 23.3. The molecule has 0 unspecified atom stereocenters. The molecular formula is C13H21NO3. The first-order chi connectivity index (χ1) is 7.85. The number of carbonyl (C=O) groups excluding carboxylic acids is 2. The van der Waals surface area contributed by atoms with Gasteiger partial charge in [0.1, 0.15) is 17.5 Å². The lowest BCUT2D eigenvalue weighted by molar-refractivity contribution is -0.136. The van der Waals surface area contributed by atoms with Crippen molar-refractivity contribution in [3.63, 3.8) is 0 Å². The minimum atomic E-state index is -0.637. The van der Waals surface area contributed by atoms with E-state index in [0.717, 1.165) is 0 Å². The Bertz CT molecular complexity index is 314. The van der Waals surface area contributed by atoms with Gasteiger partial charge in [-0.2, -0.15) is 0 Å². The number of hydrogen-bond acceptors (Lipinski definition) is 4. The van der Waals surface area contributed by atoms with Gasteiger partial charge in [-0.3, -0.25) is 14.6 Å².